The Labute approximate surface area is 143 Å². The third-order valence-corrected chi connectivity index (χ3v) is 6.05. The van der Waals surface area contributed by atoms with Gasteiger partial charge in [-0.25, -0.2) is 13.1 Å². The maximum absolute atomic E-state index is 12.0. The highest BCUT2D eigenvalue weighted by Crippen LogP contribution is 2.21. The van der Waals surface area contributed by atoms with E-state index in [2.05, 4.69) is 14.9 Å². The van der Waals surface area contributed by atoms with Crippen LogP contribution in [0.4, 0.5) is 0 Å². The lowest BCUT2D eigenvalue weighted by Gasteiger charge is -2.02. The van der Waals surface area contributed by atoms with Crippen LogP contribution in [0, 0.1) is 0 Å². The molecule has 0 bridgehead atoms. The Hall–Kier alpha value is -2.23. The Morgan fingerprint density at radius 2 is 2.17 bits per heavy atom. The molecule has 3 aromatic rings. The molecule has 24 heavy (non-hydrogen) atoms. The summed E-state index contributed by atoms with van der Waals surface area (Å²) in [7, 11) is -1.90. The minimum absolute atomic E-state index is 0.181. The number of methoxy groups -OCH3 is 1. The minimum Gasteiger partial charge on any atom is -0.497 e. The summed E-state index contributed by atoms with van der Waals surface area (Å²) in [4.78, 5) is 4.27. The van der Waals surface area contributed by atoms with Crippen LogP contribution in [0.2, 0.25) is 0 Å². The summed E-state index contributed by atoms with van der Waals surface area (Å²) in [5.41, 5.74) is 0.767. The molecule has 0 saturated heterocycles. The van der Waals surface area contributed by atoms with Crippen molar-refractivity contribution in [2.45, 2.75) is 10.6 Å². The molecule has 1 aromatic carbocycles. The molecule has 0 aliphatic rings. The number of thiophene rings is 1. The number of hydrogen-bond acceptors (Lipinski definition) is 7. The van der Waals surface area contributed by atoms with Crippen molar-refractivity contribution in [3.8, 4) is 17.1 Å². The number of aromatic nitrogens is 2. The van der Waals surface area contributed by atoms with Crippen LogP contribution in [-0.2, 0) is 16.4 Å². The number of rotatable bonds is 7. The molecule has 0 atom stereocenters. The lowest BCUT2D eigenvalue weighted by atomic mass is 10.2. The fourth-order valence-corrected chi connectivity index (χ4v) is 4.09. The van der Waals surface area contributed by atoms with E-state index in [1.54, 1.807) is 30.7 Å². The van der Waals surface area contributed by atoms with Crippen LogP contribution < -0.4 is 9.46 Å². The highest BCUT2D eigenvalue weighted by Gasteiger charge is 2.15. The van der Waals surface area contributed by atoms with E-state index in [0.29, 0.717) is 23.9 Å². The number of nitrogens with one attached hydrogen (secondary N) is 1. The van der Waals surface area contributed by atoms with Crippen LogP contribution in [0.1, 0.15) is 5.89 Å². The predicted molar refractivity (Wildman–Crippen MR) is 89.5 cm³/mol. The molecule has 1 N–H and O–H groups in total. The zero-order chi connectivity index (χ0) is 17.0. The normalized spacial score (nSPS) is 11.5. The fraction of sp³-hybridized carbons (Fsp3) is 0.200. The van der Waals surface area contributed by atoms with Gasteiger partial charge in [0, 0.05) is 18.5 Å². The first-order valence-electron chi connectivity index (χ1n) is 7.09. The maximum atomic E-state index is 12.0. The lowest BCUT2D eigenvalue weighted by molar-refractivity contribution is 0.379. The fourth-order valence-electron chi connectivity index (χ4n) is 2.02. The Morgan fingerprint density at radius 3 is 2.92 bits per heavy atom. The van der Waals surface area contributed by atoms with Crippen molar-refractivity contribution in [1.82, 2.24) is 14.9 Å². The third kappa shape index (κ3) is 3.81. The van der Waals surface area contributed by atoms with Crippen molar-refractivity contribution in [1.29, 1.82) is 0 Å². The molecule has 7 nitrogen and oxygen atoms in total. The van der Waals surface area contributed by atoms with E-state index < -0.39 is 10.0 Å². The van der Waals surface area contributed by atoms with Crippen LogP contribution in [0.25, 0.3) is 11.4 Å². The molecule has 126 valence electrons. The zero-order valence-corrected chi connectivity index (χ0v) is 14.4. The van der Waals surface area contributed by atoms with Gasteiger partial charge in [0.05, 0.1) is 7.11 Å². The summed E-state index contributed by atoms with van der Waals surface area (Å²) in [5.74, 6) is 1.49. The Balaban J connectivity index is 1.62. The van der Waals surface area contributed by atoms with Gasteiger partial charge in [0.1, 0.15) is 9.96 Å². The largest absolute Gasteiger partial charge is 0.497 e. The van der Waals surface area contributed by atoms with E-state index in [4.69, 9.17) is 9.26 Å². The van der Waals surface area contributed by atoms with E-state index in [-0.39, 0.29) is 10.8 Å². The van der Waals surface area contributed by atoms with E-state index >= 15 is 0 Å². The molecule has 2 heterocycles. The topological polar surface area (TPSA) is 94.3 Å². The molecular weight excluding hydrogens is 350 g/mol. The molecule has 0 aliphatic heterocycles. The SMILES string of the molecule is COc1cccc(-c2noc(CCNS(=O)(=O)c3cccs3)n2)c1. The Kier molecular flexibility index (Phi) is 4.93. The molecule has 0 radical (unpaired) electrons. The van der Waals surface area contributed by atoms with Gasteiger partial charge in [0.2, 0.25) is 21.7 Å². The molecule has 0 spiro atoms. The molecule has 3 rings (SSSR count). The van der Waals surface area contributed by atoms with Gasteiger partial charge in [-0.05, 0) is 23.6 Å². The molecule has 0 saturated carbocycles. The lowest BCUT2D eigenvalue weighted by Crippen LogP contribution is -2.25. The molecular formula is C15H15N3O4S2. The predicted octanol–water partition coefficient (Wildman–Crippen LogP) is 2.33. The second-order valence-electron chi connectivity index (χ2n) is 4.82. The summed E-state index contributed by atoms with van der Waals surface area (Å²) >= 11 is 1.17. The summed E-state index contributed by atoms with van der Waals surface area (Å²) in [6, 6.07) is 10.5. The average molecular weight is 365 g/mol. The summed E-state index contributed by atoms with van der Waals surface area (Å²) in [6.45, 7) is 0.181. The van der Waals surface area contributed by atoms with Crippen LogP contribution in [0.5, 0.6) is 5.75 Å². The van der Waals surface area contributed by atoms with Crippen LogP contribution >= 0.6 is 11.3 Å². The van der Waals surface area contributed by atoms with E-state index in [0.717, 1.165) is 5.56 Å². The quantitative estimate of drug-likeness (QED) is 0.690. The minimum atomic E-state index is -3.48. The maximum Gasteiger partial charge on any atom is 0.250 e. The van der Waals surface area contributed by atoms with Gasteiger partial charge in [0.15, 0.2) is 0 Å². The van der Waals surface area contributed by atoms with Crippen molar-refractivity contribution in [2.24, 2.45) is 0 Å². The highest BCUT2D eigenvalue weighted by atomic mass is 32.2. The number of sulfonamides is 1. The van der Waals surface area contributed by atoms with Gasteiger partial charge >= 0.3 is 0 Å². The smallest absolute Gasteiger partial charge is 0.250 e. The van der Waals surface area contributed by atoms with Crippen molar-refractivity contribution in [2.75, 3.05) is 13.7 Å². The van der Waals surface area contributed by atoms with Crippen molar-refractivity contribution >= 4 is 21.4 Å². The van der Waals surface area contributed by atoms with Gasteiger partial charge in [-0.2, -0.15) is 4.98 Å². The molecule has 0 fully saturated rings. The van der Waals surface area contributed by atoms with Gasteiger partial charge in [-0.3, -0.25) is 0 Å². The van der Waals surface area contributed by atoms with Gasteiger partial charge in [-0.15, -0.1) is 11.3 Å². The van der Waals surface area contributed by atoms with Crippen LogP contribution in [0.3, 0.4) is 0 Å². The van der Waals surface area contributed by atoms with E-state index in [1.807, 2.05) is 18.2 Å². The highest BCUT2D eigenvalue weighted by molar-refractivity contribution is 7.91. The van der Waals surface area contributed by atoms with Gasteiger partial charge in [-0.1, -0.05) is 23.4 Å². The monoisotopic (exact) mass is 365 g/mol. The average Bonchev–Trinajstić information content (AvgIpc) is 3.27. The number of benzene rings is 1. The molecule has 0 amide bonds. The Morgan fingerprint density at radius 1 is 1.29 bits per heavy atom. The summed E-state index contributed by atoms with van der Waals surface area (Å²) in [5, 5.41) is 5.63. The second-order valence-corrected chi connectivity index (χ2v) is 7.77. The van der Waals surface area contributed by atoms with Crippen LogP contribution in [0.15, 0.2) is 50.5 Å². The van der Waals surface area contributed by atoms with E-state index in [1.165, 1.54) is 11.3 Å². The zero-order valence-electron chi connectivity index (χ0n) is 12.8. The number of ether oxygens (including phenoxy) is 1. The van der Waals surface area contributed by atoms with Crippen molar-refractivity contribution in [3.63, 3.8) is 0 Å². The molecule has 0 unspecified atom stereocenters. The number of hydrogen-bond donors (Lipinski definition) is 1. The molecule has 9 heteroatoms. The van der Waals surface area contributed by atoms with Gasteiger partial charge in [0.25, 0.3) is 0 Å². The van der Waals surface area contributed by atoms with Gasteiger partial charge < -0.3 is 9.26 Å². The van der Waals surface area contributed by atoms with Crippen molar-refractivity contribution < 1.29 is 17.7 Å². The first kappa shape index (κ1) is 16.6. The van der Waals surface area contributed by atoms with Crippen LogP contribution in [-0.4, -0.2) is 32.2 Å². The van der Waals surface area contributed by atoms with E-state index in [9.17, 15) is 8.42 Å². The summed E-state index contributed by atoms with van der Waals surface area (Å²) < 4.78 is 37.1. The van der Waals surface area contributed by atoms with Crippen molar-refractivity contribution in [3.05, 3.63) is 47.7 Å². The third-order valence-electron chi connectivity index (χ3n) is 3.19. The molecule has 2 aromatic heterocycles. The number of nitrogens with zero attached hydrogens (tertiary/aromatic N) is 2. The Bertz CT molecular complexity index is 904. The first-order valence-corrected chi connectivity index (χ1v) is 9.45. The molecule has 0 aliphatic carbocycles. The summed E-state index contributed by atoms with van der Waals surface area (Å²) in [6.07, 6.45) is 0.307. The first-order chi connectivity index (χ1) is 11.6. The second kappa shape index (κ2) is 7.12. The standard InChI is InChI=1S/C15H15N3O4S2/c1-21-12-5-2-4-11(10-12)15-17-13(22-18-15)7-8-16-24(19,20)14-6-3-9-23-14/h2-6,9-10,16H,7-8H2,1H3.